The van der Waals surface area contributed by atoms with Gasteiger partial charge in [-0.3, -0.25) is 0 Å². The predicted octanol–water partition coefficient (Wildman–Crippen LogP) is 3.95. The average molecular weight is 291 g/mol. The molecule has 1 aromatic heterocycles. The highest BCUT2D eigenvalue weighted by Gasteiger charge is 2.16. The monoisotopic (exact) mass is 291 g/mol. The molecule has 0 fully saturated rings. The Morgan fingerprint density at radius 3 is 2.70 bits per heavy atom. The van der Waals surface area contributed by atoms with E-state index in [-0.39, 0.29) is 6.23 Å². The minimum atomic E-state index is -0.158. The van der Waals surface area contributed by atoms with Gasteiger partial charge in [0.25, 0.3) is 0 Å². The topological polar surface area (TPSA) is 32.0 Å². The number of aryl methyl sites for hydroxylation is 2. The molecular formula is C15H21N3OS. The van der Waals surface area contributed by atoms with E-state index in [2.05, 4.69) is 31.9 Å². The van der Waals surface area contributed by atoms with Crippen LogP contribution in [0.15, 0.2) is 24.5 Å². The van der Waals surface area contributed by atoms with Crippen molar-refractivity contribution in [2.24, 2.45) is 7.05 Å². The Morgan fingerprint density at radius 1 is 1.35 bits per heavy atom. The van der Waals surface area contributed by atoms with Crippen LogP contribution in [0.25, 0.3) is 0 Å². The quantitative estimate of drug-likeness (QED) is 0.782. The summed E-state index contributed by atoms with van der Waals surface area (Å²) in [4.78, 5) is 0. The van der Waals surface area contributed by atoms with E-state index in [9.17, 15) is 0 Å². The summed E-state index contributed by atoms with van der Waals surface area (Å²) in [6.45, 7) is 6.29. The van der Waals surface area contributed by atoms with Gasteiger partial charge in [0.1, 0.15) is 12.1 Å². The largest absolute Gasteiger partial charge is 0.468 e. The lowest BCUT2D eigenvalue weighted by Gasteiger charge is -2.20. The van der Waals surface area contributed by atoms with Crippen LogP contribution in [-0.2, 0) is 7.05 Å². The highest BCUT2D eigenvalue weighted by atomic mass is 32.1. The third-order valence-corrected chi connectivity index (χ3v) is 3.95. The lowest BCUT2D eigenvalue weighted by molar-refractivity contribution is 0.104. The number of ether oxygens (including phenoxy) is 1. The molecule has 4 nitrogen and oxygen atoms in total. The zero-order valence-electron chi connectivity index (χ0n) is 12.5. The summed E-state index contributed by atoms with van der Waals surface area (Å²) >= 11 is 5.38. The van der Waals surface area contributed by atoms with Gasteiger partial charge in [-0.05, 0) is 43.3 Å². The fourth-order valence-corrected chi connectivity index (χ4v) is 2.28. The Labute approximate surface area is 125 Å². The van der Waals surface area contributed by atoms with E-state index >= 15 is 0 Å². The maximum atomic E-state index is 6.17. The lowest BCUT2D eigenvalue weighted by atomic mass is 10.1. The van der Waals surface area contributed by atoms with Gasteiger partial charge in [0, 0.05) is 13.5 Å². The molecule has 1 atom stereocenters. The smallest absolute Gasteiger partial charge is 0.200 e. The van der Waals surface area contributed by atoms with Crippen molar-refractivity contribution in [2.75, 3.05) is 0 Å². The van der Waals surface area contributed by atoms with Crippen molar-refractivity contribution in [3.63, 3.8) is 0 Å². The zero-order valence-corrected chi connectivity index (χ0v) is 13.3. The Balaban J connectivity index is 2.33. The molecule has 0 aliphatic heterocycles. The molecule has 5 heteroatoms. The zero-order chi connectivity index (χ0) is 14.7. The van der Waals surface area contributed by atoms with Crippen LogP contribution in [0.3, 0.4) is 0 Å². The Morgan fingerprint density at radius 2 is 2.10 bits per heavy atom. The molecule has 0 spiro atoms. The third kappa shape index (κ3) is 2.93. The molecule has 20 heavy (non-hydrogen) atoms. The van der Waals surface area contributed by atoms with Gasteiger partial charge in [0.2, 0.25) is 4.77 Å². The molecule has 1 aromatic carbocycles. The second-order valence-electron chi connectivity index (χ2n) is 5.03. The first-order chi connectivity index (χ1) is 9.54. The molecule has 0 aliphatic carbocycles. The van der Waals surface area contributed by atoms with Crippen molar-refractivity contribution in [2.45, 2.75) is 39.8 Å². The van der Waals surface area contributed by atoms with Gasteiger partial charge in [-0.15, -0.1) is 0 Å². The molecule has 0 saturated heterocycles. The fourth-order valence-electron chi connectivity index (χ4n) is 2.07. The van der Waals surface area contributed by atoms with Gasteiger partial charge >= 0.3 is 0 Å². The molecule has 0 aliphatic rings. The minimum absolute atomic E-state index is 0.158. The summed E-state index contributed by atoms with van der Waals surface area (Å²) in [7, 11) is 1.90. The van der Waals surface area contributed by atoms with Gasteiger partial charge in [-0.2, -0.15) is 9.78 Å². The van der Waals surface area contributed by atoms with Crippen molar-refractivity contribution in [3.05, 3.63) is 40.4 Å². The van der Waals surface area contributed by atoms with Crippen LogP contribution in [0.1, 0.15) is 37.1 Å². The molecular weight excluding hydrogens is 270 g/mol. The van der Waals surface area contributed by atoms with Crippen LogP contribution in [0.4, 0.5) is 0 Å². The van der Waals surface area contributed by atoms with E-state index in [0.29, 0.717) is 4.77 Å². The molecule has 1 unspecified atom stereocenters. The van der Waals surface area contributed by atoms with E-state index in [4.69, 9.17) is 17.0 Å². The average Bonchev–Trinajstić information content (AvgIpc) is 2.75. The molecule has 108 valence electrons. The van der Waals surface area contributed by atoms with E-state index in [1.54, 1.807) is 11.0 Å². The van der Waals surface area contributed by atoms with Gasteiger partial charge in [-0.25, -0.2) is 0 Å². The molecule has 0 radical (unpaired) electrons. The summed E-state index contributed by atoms with van der Waals surface area (Å²) in [5.74, 6) is 0.899. The molecule has 0 N–H and O–H groups in total. The number of hydrogen-bond acceptors (Lipinski definition) is 3. The van der Waals surface area contributed by atoms with E-state index in [0.717, 1.165) is 24.2 Å². The van der Waals surface area contributed by atoms with Crippen molar-refractivity contribution in [1.82, 2.24) is 14.3 Å². The van der Waals surface area contributed by atoms with E-state index in [1.807, 2.05) is 23.7 Å². The van der Waals surface area contributed by atoms with Crippen molar-refractivity contribution >= 4 is 12.2 Å². The fraction of sp³-hybridized carbons (Fsp3) is 0.467. The second-order valence-corrected chi connectivity index (χ2v) is 5.39. The molecule has 0 bridgehead atoms. The first-order valence-corrected chi connectivity index (χ1v) is 7.28. The maximum absolute atomic E-state index is 6.17. The SMILES string of the molecule is CCCC(Oc1cccc(C)c1C)n1ncn(C)c1=S. The minimum Gasteiger partial charge on any atom is -0.468 e. The van der Waals surface area contributed by atoms with Crippen LogP contribution in [0, 0.1) is 18.6 Å². The van der Waals surface area contributed by atoms with Crippen molar-refractivity contribution < 1.29 is 4.74 Å². The Kier molecular flexibility index (Phi) is 4.60. The number of hydrogen-bond donors (Lipinski definition) is 0. The van der Waals surface area contributed by atoms with Gasteiger partial charge in [-0.1, -0.05) is 25.5 Å². The highest BCUT2D eigenvalue weighted by Crippen LogP contribution is 2.26. The van der Waals surface area contributed by atoms with E-state index in [1.165, 1.54) is 5.56 Å². The normalized spacial score (nSPS) is 12.4. The maximum Gasteiger partial charge on any atom is 0.200 e. The summed E-state index contributed by atoms with van der Waals surface area (Å²) in [6, 6.07) is 6.10. The van der Waals surface area contributed by atoms with Crippen LogP contribution >= 0.6 is 12.2 Å². The summed E-state index contributed by atoms with van der Waals surface area (Å²) in [5, 5.41) is 4.33. The highest BCUT2D eigenvalue weighted by molar-refractivity contribution is 7.71. The number of rotatable bonds is 5. The number of aromatic nitrogens is 3. The predicted molar refractivity (Wildman–Crippen MR) is 82.5 cm³/mol. The molecule has 2 aromatic rings. The summed E-state index contributed by atoms with van der Waals surface area (Å²) in [5.41, 5.74) is 2.39. The van der Waals surface area contributed by atoms with Crippen LogP contribution in [0.5, 0.6) is 5.75 Å². The standard InChI is InChI=1S/C15H21N3OS/c1-5-7-14(18-15(20)17(4)10-16-18)19-13-9-6-8-11(2)12(13)3/h6,8-10,14H,5,7H2,1-4H3. The third-order valence-electron chi connectivity index (χ3n) is 3.47. The van der Waals surface area contributed by atoms with Crippen molar-refractivity contribution in [3.8, 4) is 5.75 Å². The summed E-state index contributed by atoms with van der Waals surface area (Å²) in [6.07, 6.45) is 3.44. The van der Waals surface area contributed by atoms with Gasteiger partial charge < -0.3 is 9.30 Å². The Hall–Kier alpha value is -1.62. The van der Waals surface area contributed by atoms with Crippen molar-refractivity contribution in [1.29, 1.82) is 0 Å². The molecule has 1 heterocycles. The first-order valence-electron chi connectivity index (χ1n) is 6.87. The molecule has 0 saturated carbocycles. The number of nitrogens with zero attached hydrogens (tertiary/aromatic N) is 3. The first kappa shape index (κ1) is 14.8. The summed E-state index contributed by atoms with van der Waals surface area (Å²) < 4.78 is 10.4. The number of benzene rings is 1. The van der Waals surface area contributed by atoms with Crippen LogP contribution in [0.2, 0.25) is 0 Å². The second kappa shape index (κ2) is 6.22. The van der Waals surface area contributed by atoms with Gasteiger partial charge in [0.15, 0.2) is 6.23 Å². The van der Waals surface area contributed by atoms with Crippen LogP contribution in [-0.4, -0.2) is 14.3 Å². The lowest BCUT2D eigenvalue weighted by Crippen LogP contribution is -2.18. The molecule has 2 rings (SSSR count). The van der Waals surface area contributed by atoms with Gasteiger partial charge in [0.05, 0.1) is 0 Å². The molecule has 0 amide bonds. The van der Waals surface area contributed by atoms with E-state index < -0.39 is 0 Å². The van der Waals surface area contributed by atoms with Crippen LogP contribution < -0.4 is 4.74 Å². The Bertz CT molecular complexity index is 645.